The van der Waals surface area contributed by atoms with Crippen molar-refractivity contribution < 1.29 is 14.4 Å². The van der Waals surface area contributed by atoms with Crippen molar-refractivity contribution in [1.29, 1.82) is 0 Å². The summed E-state index contributed by atoms with van der Waals surface area (Å²) in [6, 6.07) is 9.32. The molecule has 3 fully saturated rings. The zero-order valence-corrected chi connectivity index (χ0v) is 15.3. The predicted octanol–water partition coefficient (Wildman–Crippen LogP) is 2.31. The molecular weight excluding hydrogens is 340 g/mol. The smallest absolute Gasteiger partial charge is 0.235 e. The quantitative estimate of drug-likeness (QED) is 0.773. The van der Waals surface area contributed by atoms with Gasteiger partial charge >= 0.3 is 0 Å². The molecule has 4 aliphatic rings. The van der Waals surface area contributed by atoms with Crippen LogP contribution in [0.15, 0.2) is 42.5 Å². The highest BCUT2D eigenvalue weighted by Gasteiger charge is 2.64. The van der Waals surface area contributed by atoms with Crippen LogP contribution >= 0.6 is 0 Å². The van der Waals surface area contributed by atoms with Crippen LogP contribution in [0.25, 0.3) is 0 Å². The van der Waals surface area contributed by atoms with Gasteiger partial charge in [0, 0.05) is 18.6 Å². The first-order valence-corrected chi connectivity index (χ1v) is 10.1. The molecule has 0 aromatic heterocycles. The molecule has 5 nitrogen and oxygen atoms in total. The van der Waals surface area contributed by atoms with Crippen LogP contribution in [0.1, 0.15) is 37.7 Å². The number of rotatable bonds is 3. The summed E-state index contributed by atoms with van der Waals surface area (Å²) in [5.74, 6) is -1.13. The van der Waals surface area contributed by atoms with Gasteiger partial charge in [-0.1, -0.05) is 55.7 Å². The lowest BCUT2D eigenvalue weighted by atomic mass is 9.90. The normalized spacial score (nSPS) is 33.8. The molecule has 5 heteroatoms. The minimum Gasteiger partial charge on any atom is -0.293 e. The molecule has 0 N–H and O–H groups in total. The van der Waals surface area contributed by atoms with Gasteiger partial charge in [-0.05, 0) is 24.5 Å². The average molecular weight is 364 g/mol. The fourth-order valence-corrected chi connectivity index (χ4v) is 5.58. The molecule has 1 aliphatic carbocycles. The van der Waals surface area contributed by atoms with E-state index < -0.39 is 17.9 Å². The molecule has 5 rings (SSSR count). The summed E-state index contributed by atoms with van der Waals surface area (Å²) >= 11 is 0. The molecule has 4 unspecified atom stereocenters. The van der Waals surface area contributed by atoms with Crippen LogP contribution in [0.4, 0.5) is 0 Å². The van der Waals surface area contributed by atoms with E-state index >= 15 is 0 Å². The van der Waals surface area contributed by atoms with E-state index in [-0.39, 0.29) is 29.7 Å². The van der Waals surface area contributed by atoms with Crippen LogP contribution in [0.5, 0.6) is 0 Å². The number of likely N-dealkylation sites (tertiary alicyclic amines) is 1. The van der Waals surface area contributed by atoms with E-state index in [1.807, 2.05) is 36.4 Å². The monoisotopic (exact) mass is 364 g/mol. The van der Waals surface area contributed by atoms with Crippen molar-refractivity contribution in [3.05, 3.63) is 48.0 Å². The summed E-state index contributed by atoms with van der Waals surface area (Å²) < 4.78 is 0. The van der Waals surface area contributed by atoms with Crippen LogP contribution < -0.4 is 0 Å². The van der Waals surface area contributed by atoms with Gasteiger partial charge in [-0.3, -0.25) is 24.2 Å². The first-order chi connectivity index (χ1) is 13.2. The highest BCUT2D eigenvalue weighted by atomic mass is 16.2. The van der Waals surface area contributed by atoms with Gasteiger partial charge in [-0.15, -0.1) is 0 Å². The Bertz CT molecular complexity index is 812. The standard InChI is InChI=1S/C22H24N2O3/c25-17-12-11-16-18-19(20(17)23(16)13-14-7-3-1-4-8-14)22(27)24(21(18)26)15-9-5-2-6-10-15/h1,3-4,7-8,11-12,15-16,18-20H,2,5-6,9-10,13H2. The molecule has 27 heavy (non-hydrogen) atoms. The molecule has 4 atom stereocenters. The number of nitrogens with zero attached hydrogens (tertiary/aromatic N) is 2. The van der Waals surface area contributed by atoms with E-state index in [9.17, 15) is 14.4 Å². The van der Waals surface area contributed by atoms with Crippen molar-refractivity contribution in [3.63, 3.8) is 0 Å². The van der Waals surface area contributed by atoms with Gasteiger partial charge in [0.05, 0.1) is 17.9 Å². The molecule has 2 amide bonds. The molecule has 1 saturated carbocycles. The van der Waals surface area contributed by atoms with Gasteiger partial charge in [-0.2, -0.15) is 0 Å². The summed E-state index contributed by atoms with van der Waals surface area (Å²) in [6.07, 6.45) is 8.57. The number of benzene rings is 1. The summed E-state index contributed by atoms with van der Waals surface area (Å²) in [4.78, 5) is 42.9. The number of ketones is 1. The number of carbonyl (C=O) groups excluding carboxylic acids is 3. The minimum absolute atomic E-state index is 0.0340. The minimum atomic E-state index is -0.518. The third-order valence-electron chi connectivity index (χ3n) is 6.78. The number of fused-ring (bicyclic) bond motifs is 5. The van der Waals surface area contributed by atoms with Gasteiger partial charge < -0.3 is 0 Å². The molecule has 3 aliphatic heterocycles. The third kappa shape index (κ3) is 2.52. The average Bonchev–Trinajstić information content (AvgIpc) is 3.07. The number of imide groups is 1. The van der Waals surface area contributed by atoms with Crippen LogP contribution in [0.2, 0.25) is 0 Å². The maximum atomic E-state index is 13.3. The lowest BCUT2D eigenvalue weighted by molar-refractivity contribution is -0.146. The molecule has 3 heterocycles. The second kappa shape index (κ2) is 6.41. The Hall–Kier alpha value is -2.27. The number of amides is 2. The SMILES string of the molecule is O=C1C=CC2C3C(=O)N(C4CCCCC4)C(=O)C3C1N2Cc1ccccc1. The molecule has 2 saturated heterocycles. The molecule has 2 bridgehead atoms. The number of hydrogen-bond donors (Lipinski definition) is 0. The van der Waals surface area contributed by atoms with E-state index in [2.05, 4.69) is 4.90 Å². The van der Waals surface area contributed by atoms with E-state index in [0.29, 0.717) is 6.54 Å². The second-order valence-corrected chi connectivity index (χ2v) is 8.24. The Morgan fingerprint density at radius 2 is 1.59 bits per heavy atom. The first kappa shape index (κ1) is 16.9. The molecule has 1 aromatic carbocycles. The summed E-state index contributed by atoms with van der Waals surface area (Å²) in [7, 11) is 0. The van der Waals surface area contributed by atoms with Crippen LogP contribution in [0.3, 0.4) is 0 Å². The van der Waals surface area contributed by atoms with Gasteiger partial charge in [0.15, 0.2) is 5.78 Å². The van der Waals surface area contributed by atoms with Crippen molar-refractivity contribution >= 4 is 17.6 Å². The maximum absolute atomic E-state index is 13.3. The summed E-state index contributed by atoms with van der Waals surface area (Å²) in [5.41, 5.74) is 1.10. The largest absolute Gasteiger partial charge is 0.293 e. The summed E-state index contributed by atoms with van der Waals surface area (Å²) in [6.45, 7) is 0.587. The Morgan fingerprint density at radius 1 is 0.889 bits per heavy atom. The van der Waals surface area contributed by atoms with Crippen molar-refractivity contribution in [2.24, 2.45) is 11.8 Å². The predicted molar refractivity (Wildman–Crippen MR) is 99.4 cm³/mol. The molecule has 1 aromatic rings. The van der Waals surface area contributed by atoms with Gasteiger partial charge in [0.1, 0.15) is 0 Å². The topological polar surface area (TPSA) is 57.7 Å². The lowest BCUT2D eigenvalue weighted by Gasteiger charge is -2.36. The Labute approximate surface area is 159 Å². The van der Waals surface area contributed by atoms with Crippen molar-refractivity contribution in [3.8, 4) is 0 Å². The Kier molecular flexibility index (Phi) is 4.01. The molecular formula is C22H24N2O3. The van der Waals surface area contributed by atoms with Gasteiger partial charge in [-0.25, -0.2) is 0 Å². The van der Waals surface area contributed by atoms with Crippen LogP contribution in [0, 0.1) is 11.8 Å². The van der Waals surface area contributed by atoms with E-state index in [1.54, 1.807) is 11.0 Å². The fraction of sp³-hybridized carbons (Fsp3) is 0.500. The van der Waals surface area contributed by atoms with Crippen LogP contribution in [-0.4, -0.2) is 45.5 Å². The Morgan fingerprint density at radius 3 is 2.33 bits per heavy atom. The van der Waals surface area contributed by atoms with Crippen LogP contribution in [-0.2, 0) is 20.9 Å². The van der Waals surface area contributed by atoms with E-state index in [4.69, 9.17) is 0 Å². The number of carbonyl (C=O) groups is 3. The third-order valence-corrected chi connectivity index (χ3v) is 6.78. The fourth-order valence-electron chi connectivity index (χ4n) is 5.58. The van der Waals surface area contributed by atoms with Crippen molar-refractivity contribution in [2.45, 2.75) is 56.8 Å². The molecule has 0 spiro atoms. The highest BCUT2D eigenvalue weighted by Crippen LogP contribution is 2.47. The van der Waals surface area contributed by atoms with Crippen molar-refractivity contribution in [2.75, 3.05) is 0 Å². The highest BCUT2D eigenvalue weighted by molar-refractivity contribution is 6.11. The van der Waals surface area contributed by atoms with E-state index in [0.717, 1.165) is 31.2 Å². The van der Waals surface area contributed by atoms with Gasteiger partial charge in [0.25, 0.3) is 0 Å². The number of hydrogen-bond acceptors (Lipinski definition) is 4. The summed E-state index contributed by atoms with van der Waals surface area (Å²) in [5, 5.41) is 0. The second-order valence-electron chi connectivity index (χ2n) is 8.24. The molecule has 0 radical (unpaired) electrons. The zero-order valence-electron chi connectivity index (χ0n) is 15.3. The maximum Gasteiger partial charge on any atom is 0.235 e. The Balaban J connectivity index is 1.47. The van der Waals surface area contributed by atoms with Gasteiger partial charge in [0.2, 0.25) is 11.8 Å². The first-order valence-electron chi connectivity index (χ1n) is 10.1. The zero-order chi connectivity index (χ0) is 18.5. The van der Waals surface area contributed by atoms with E-state index in [1.165, 1.54) is 6.42 Å². The molecule has 140 valence electrons. The van der Waals surface area contributed by atoms with Crippen molar-refractivity contribution in [1.82, 2.24) is 9.80 Å². The lowest BCUT2D eigenvalue weighted by Crippen LogP contribution is -2.50.